The van der Waals surface area contributed by atoms with Crippen LogP contribution >= 0.6 is 11.8 Å². The van der Waals surface area contributed by atoms with Crippen molar-refractivity contribution >= 4 is 29.5 Å². The van der Waals surface area contributed by atoms with Crippen LogP contribution in [0.1, 0.15) is 87.0 Å². The molecule has 0 spiro atoms. The van der Waals surface area contributed by atoms with E-state index in [-0.39, 0.29) is 23.3 Å². The van der Waals surface area contributed by atoms with E-state index in [1.807, 2.05) is 20.8 Å². The van der Waals surface area contributed by atoms with Crippen molar-refractivity contribution in [1.29, 1.82) is 0 Å². The van der Waals surface area contributed by atoms with E-state index in [1.165, 1.54) is 23.1 Å². The van der Waals surface area contributed by atoms with Gasteiger partial charge in [-0.2, -0.15) is 0 Å². The molecule has 3 aliphatic rings. The summed E-state index contributed by atoms with van der Waals surface area (Å²) in [4.78, 5) is 39.7. The third-order valence-corrected chi connectivity index (χ3v) is 9.39. The first-order chi connectivity index (χ1) is 15.3. The first-order valence-electron chi connectivity index (χ1n) is 12.5. The summed E-state index contributed by atoms with van der Waals surface area (Å²) < 4.78 is 6.05. The average Bonchev–Trinajstić information content (AvgIpc) is 2.98. The van der Waals surface area contributed by atoms with Crippen molar-refractivity contribution in [2.45, 2.75) is 121 Å². The first-order valence-corrected chi connectivity index (χ1v) is 13.4. The molecular formula is C25H42N2O5S. The summed E-state index contributed by atoms with van der Waals surface area (Å²) >= 11 is 1.45. The Hall–Kier alpha value is -1.28. The van der Waals surface area contributed by atoms with Gasteiger partial charge in [-0.15, -0.1) is 11.8 Å². The zero-order valence-corrected chi connectivity index (χ0v) is 22.0. The normalized spacial score (nSPS) is 35.0. The van der Waals surface area contributed by atoms with Gasteiger partial charge in [-0.25, -0.2) is 4.79 Å². The van der Waals surface area contributed by atoms with Crippen LogP contribution in [0.2, 0.25) is 0 Å². The summed E-state index contributed by atoms with van der Waals surface area (Å²) in [6.45, 7) is 14.3. The second-order valence-electron chi connectivity index (χ2n) is 11.4. The molecule has 7 nitrogen and oxygen atoms in total. The maximum atomic E-state index is 13.6. The van der Waals surface area contributed by atoms with Gasteiger partial charge in [-0.05, 0) is 57.8 Å². The Balaban J connectivity index is 1.76. The van der Waals surface area contributed by atoms with Crippen LogP contribution in [0.25, 0.3) is 0 Å². The fourth-order valence-corrected chi connectivity index (χ4v) is 7.39. The summed E-state index contributed by atoms with van der Waals surface area (Å²) in [7, 11) is 0. The lowest BCUT2D eigenvalue weighted by molar-refractivity contribution is -0.172. The minimum Gasteiger partial charge on any atom is -0.480 e. The van der Waals surface area contributed by atoms with Crippen LogP contribution in [0.4, 0.5) is 0 Å². The highest BCUT2D eigenvalue weighted by Crippen LogP contribution is 2.51. The van der Waals surface area contributed by atoms with Gasteiger partial charge in [0, 0.05) is 4.75 Å². The predicted molar refractivity (Wildman–Crippen MR) is 130 cm³/mol. The molecule has 8 heteroatoms. The molecule has 2 aliphatic heterocycles. The number of aliphatic carboxylic acids is 1. The molecule has 0 aromatic carbocycles. The van der Waals surface area contributed by atoms with Crippen molar-refractivity contribution in [2.24, 2.45) is 17.8 Å². The van der Waals surface area contributed by atoms with E-state index in [4.69, 9.17) is 4.74 Å². The Kier molecular flexibility index (Phi) is 7.79. The topological polar surface area (TPSA) is 95.9 Å². The van der Waals surface area contributed by atoms with E-state index in [9.17, 15) is 19.5 Å². The van der Waals surface area contributed by atoms with Crippen LogP contribution in [-0.4, -0.2) is 61.7 Å². The molecule has 0 unspecified atom stereocenters. The zero-order valence-electron chi connectivity index (χ0n) is 21.2. The molecule has 0 aromatic rings. The predicted octanol–water partition coefficient (Wildman–Crippen LogP) is 4.04. The molecule has 2 saturated heterocycles. The van der Waals surface area contributed by atoms with E-state index in [2.05, 4.69) is 33.0 Å². The Morgan fingerprint density at radius 3 is 2.58 bits per heavy atom. The number of unbranched alkanes of at least 4 members (excludes halogenated alkanes) is 1. The molecule has 2 N–H and O–H groups in total. The number of amides is 2. The summed E-state index contributed by atoms with van der Waals surface area (Å²) in [6, 6.07) is -1.59. The number of fused-ring (bicyclic) bond motifs is 1. The molecule has 33 heavy (non-hydrogen) atoms. The summed E-state index contributed by atoms with van der Waals surface area (Å²) in [5.74, 6) is -0.119. The molecule has 2 heterocycles. The first kappa shape index (κ1) is 26.3. The second kappa shape index (κ2) is 9.76. The maximum Gasteiger partial charge on any atom is 0.327 e. The lowest BCUT2D eigenvalue weighted by Gasteiger charge is -2.46. The Labute approximate surface area is 202 Å². The van der Waals surface area contributed by atoms with Crippen LogP contribution in [0.5, 0.6) is 0 Å². The number of carbonyl (C=O) groups excluding carboxylic acids is 2. The van der Waals surface area contributed by atoms with E-state index >= 15 is 0 Å². The Morgan fingerprint density at radius 1 is 1.33 bits per heavy atom. The molecule has 3 rings (SSSR count). The number of rotatable bonds is 9. The molecule has 1 saturated carbocycles. The van der Waals surface area contributed by atoms with E-state index < -0.39 is 28.4 Å². The van der Waals surface area contributed by atoms with Crippen LogP contribution in [0, 0.1) is 17.8 Å². The molecule has 0 bridgehead atoms. The van der Waals surface area contributed by atoms with Crippen molar-refractivity contribution in [3.05, 3.63) is 0 Å². The molecule has 7 atom stereocenters. The van der Waals surface area contributed by atoms with Crippen molar-refractivity contribution in [3.8, 4) is 0 Å². The number of β-lactam (4-membered cyclic amide) rings is 1. The molecule has 3 fully saturated rings. The number of nitrogens with one attached hydrogen (secondary N) is 1. The van der Waals surface area contributed by atoms with Gasteiger partial charge in [0.2, 0.25) is 5.91 Å². The van der Waals surface area contributed by atoms with Gasteiger partial charge < -0.3 is 20.1 Å². The lowest BCUT2D eigenvalue weighted by atomic mass is 9.75. The van der Waals surface area contributed by atoms with Crippen LogP contribution < -0.4 is 5.32 Å². The van der Waals surface area contributed by atoms with Gasteiger partial charge in [0.15, 0.2) is 0 Å². The van der Waals surface area contributed by atoms with Gasteiger partial charge in [-0.1, -0.05) is 47.0 Å². The number of carbonyl (C=O) groups is 3. The zero-order chi connectivity index (χ0) is 24.7. The molecule has 1 aliphatic carbocycles. The number of nitrogens with zero attached hydrogens (tertiary/aromatic N) is 1. The quantitative estimate of drug-likeness (QED) is 0.482. The van der Waals surface area contributed by atoms with Crippen molar-refractivity contribution in [2.75, 3.05) is 0 Å². The molecule has 0 radical (unpaired) electrons. The highest BCUT2D eigenvalue weighted by Gasteiger charge is 2.64. The second-order valence-corrected chi connectivity index (χ2v) is 13.1. The molecular weight excluding hydrogens is 440 g/mol. The average molecular weight is 483 g/mol. The fraction of sp³-hybridized carbons (Fsp3) is 0.880. The van der Waals surface area contributed by atoms with Crippen LogP contribution in [0.15, 0.2) is 0 Å². The van der Waals surface area contributed by atoms with Crippen LogP contribution in [0.3, 0.4) is 0 Å². The number of hydrogen-bond acceptors (Lipinski definition) is 5. The van der Waals surface area contributed by atoms with E-state index in [0.717, 1.165) is 25.7 Å². The summed E-state index contributed by atoms with van der Waals surface area (Å²) in [5.41, 5.74) is -1.02. The Morgan fingerprint density at radius 2 is 2.00 bits per heavy atom. The SMILES string of the molecule is CCCC[C@](C)(O[C@@H]1C[C@H](C)CC[C@@H]1C(C)C)C(=O)N[C@H]1C(=O)N2[C@@H]1SC(C)(C)[C@H]2C(=O)O. The number of hydrogen-bond donors (Lipinski definition) is 2. The van der Waals surface area contributed by atoms with E-state index in [0.29, 0.717) is 24.2 Å². The van der Waals surface area contributed by atoms with Gasteiger partial charge in [-0.3, -0.25) is 9.59 Å². The van der Waals surface area contributed by atoms with Crippen molar-refractivity contribution < 1.29 is 24.2 Å². The highest BCUT2D eigenvalue weighted by atomic mass is 32.2. The Bertz CT molecular complexity index is 772. The third-order valence-electron chi connectivity index (χ3n) is 7.82. The molecule has 2 amide bonds. The van der Waals surface area contributed by atoms with Gasteiger partial charge in [0.1, 0.15) is 23.1 Å². The van der Waals surface area contributed by atoms with Crippen molar-refractivity contribution in [1.82, 2.24) is 10.2 Å². The lowest BCUT2D eigenvalue weighted by Crippen LogP contribution is -2.72. The maximum absolute atomic E-state index is 13.6. The third kappa shape index (κ3) is 5.07. The van der Waals surface area contributed by atoms with E-state index in [1.54, 1.807) is 0 Å². The van der Waals surface area contributed by atoms with Gasteiger partial charge in [0.05, 0.1) is 6.10 Å². The smallest absolute Gasteiger partial charge is 0.327 e. The minimum absolute atomic E-state index is 0.0196. The van der Waals surface area contributed by atoms with Gasteiger partial charge >= 0.3 is 5.97 Å². The fourth-order valence-electron chi connectivity index (χ4n) is 5.76. The summed E-state index contributed by atoms with van der Waals surface area (Å²) in [6.07, 6.45) is 5.66. The van der Waals surface area contributed by atoms with Crippen LogP contribution in [-0.2, 0) is 19.1 Å². The highest BCUT2D eigenvalue weighted by molar-refractivity contribution is 8.01. The largest absolute Gasteiger partial charge is 0.480 e. The number of carboxylic acid groups (broad SMARTS) is 1. The number of ether oxygens (including phenoxy) is 1. The summed E-state index contributed by atoms with van der Waals surface area (Å²) in [5, 5.41) is 12.2. The standard InChI is InChI=1S/C25H42N2O5S/c1-8-9-12-25(7,32-17-13-15(4)10-11-16(17)14(2)3)23(31)26-18-20(28)27-19(22(29)30)24(5,6)33-21(18)27/h14-19,21H,8-13H2,1-7H3,(H,26,31)(H,29,30)/t15-,16-,17-,18+,19-,21-,25+/m1/s1. The molecule has 0 aromatic heterocycles. The monoisotopic (exact) mass is 482 g/mol. The number of thioether (sulfide) groups is 1. The van der Waals surface area contributed by atoms with Gasteiger partial charge in [0.25, 0.3) is 5.91 Å². The minimum atomic E-state index is -1.02. The number of carboxylic acids is 1. The van der Waals surface area contributed by atoms with Crippen molar-refractivity contribution in [3.63, 3.8) is 0 Å². The molecule has 188 valence electrons.